The van der Waals surface area contributed by atoms with Gasteiger partial charge in [-0.2, -0.15) is 0 Å². The molecule has 0 heterocycles. The van der Waals surface area contributed by atoms with Gasteiger partial charge in [-0.15, -0.1) is 0 Å². The fourth-order valence-corrected chi connectivity index (χ4v) is 2.18. The summed E-state index contributed by atoms with van der Waals surface area (Å²) < 4.78 is 0. The summed E-state index contributed by atoms with van der Waals surface area (Å²) in [4.78, 5) is 22.2. The maximum absolute atomic E-state index is 11.6. The Labute approximate surface area is 108 Å². The smallest absolute Gasteiger partial charge is 0.315 e. The molecular formula is C13H24N2O3. The third kappa shape index (κ3) is 5.38. The summed E-state index contributed by atoms with van der Waals surface area (Å²) in [6.07, 6.45) is 4.27. The Morgan fingerprint density at radius 3 is 2.67 bits per heavy atom. The number of hydrogen-bond acceptors (Lipinski definition) is 2. The van der Waals surface area contributed by atoms with Crippen molar-refractivity contribution in [2.75, 3.05) is 6.54 Å². The number of carboxylic acid groups (broad SMARTS) is 1. The first-order chi connectivity index (χ1) is 8.56. The molecule has 1 fully saturated rings. The van der Waals surface area contributed by atoms with Crippen molar-refractivity contribution in [3.05, 3.63) is 0 Å². The molecule has 3 atom stereocenters. The second-order valence-corrected chi connectivity index (χ2v) is 5.12. The van der Waals surface area contributed by atoms with E-state index in [9.17, 15) is 9.59 Å². The minimum absolute atomic E-state index is 0.0129. The molecule has 1 aliphatic carbocycles. The molecule has 0 bridgehead atoms. The lowest BCUT2D eigenvalue weighted by Crippen LogP contribution is -2.40. The summed E-state index contributed by atoms with van der Waals surface area (Å²) in [5.41, 5.74) is 0. The van der Waals surface area contributed by atoms with E-state index in [4.69, 9.17) is 5.11 Å². The normalized spacial score (nSPS) is 23.2. The summed E-state index contributed by atoms with van der Waals surface area (Å²) in [5, 5.41) is 14.4. The van der Waals surface area contributed by atoms with Crippen LogP contribution in [0, 0.1) is 11.8 Å². The summed E-state index contributed by atoms with van der Waals surface area (Å²) in [7, 11) is 0. The van der Waals surface area contributed by atoms with Gasteiger partial charge in [-0.1, -0.05) is 26.7 Å². The van der Waals surface area contributed by atoms with Crippen LogP contribution in [0.15, 0.2) is 0 Å². The zero-order valence-corrected chi connectivity index (χ0v) is 11.2. The molecule has 0 aromatic rings. The number of urea groups is 1. The van der Waals surface area contributed by atoms with Crippen molar-refractivity contribution in [2.45, 2.75) is 52.0 Å². The molecule has 0 spiro atoms. The van der Waals surface area contributed by atoms with Crippen molar-refractivity contribution >= 4 is 12.0 Å². The number of amides is 2. The predicted molar refractivity (Wildman–Crippen MR) is 69.4 cm³/mol. The maximum Gasteiger partial charge on any atom is 0.315 e. The number of hydrogen-bond donors (Lipinski definition) is 3. The highest BCUT2D eigenvalue weighted by Gasteiger charge is 2.37. The fourth-order valence-electron chi connectivity index (χ4n) is 2.18. The molecular weight excluding hydrogens is 232 g/mol. The molecule has 2 amide bonds. The number of carbonyl (C=O) groups is 2. The number of carbonyl (C=O) groups excluding carboxylic acids is 1. The van der Waals surface area contributed by atoms with Gasteiger partial charge in [0.05, 0.1) is 0 Å². The van der Waals surface area contributed by atoms with Crippen molar-refractivity contribution in [3.8, 4) is 0 Å². The monoisotopic (exact) mass is 256 g/mol. The molecule has 1 rings (SSSR count). The van der Waals surface area contributed by atoms with Crippen LogP contribution in [-0.2, 0) is 4.79 Å². The van der Waals surface area contributed by atoms with Gasteiger partial charge in [0.15, 0.2) is 0 Å². The lowest BCUT2D eigenvalue weighted by molar-refractivity contribution is -0.138. The van der Waals surface area contributed by atoms with Gasteiger partial charge in [-0.05, 0) is 24.7 Å². The molecule has 1 aliphatic rings. The van der Waals surface area contributed by atoms with Gasteiger partial charge >= 0.3 is 12.0 Å². The van der Waals surface area contributed by atoms with E-state index < -0.39 is 5.97 Å². The van der Waals surface area contributed by atoms with Crippen molar-refractivity contribution in [1.82, 2.24) is 10.6 Å². The van der Waals surface area contributed by atoms with Crippen molar-refractivity contribution in [2.24, 2.45) is 11.8 Å². The zero-order chi connectivity index (χ0) is 13.5. The van der Waals surface area contributed by atoms with Gasteiger partial charge in [-0.3, -0.25) is 4.79 Å². The number of carboxylic acids is 1. The molecule has 0 saturated heterocycles. The fraction of sp³-hybridized carbons (Fsp3) is 0.846. The first-order valence-corrected chi connectivity index (χ1v) is 6.82. The van der Waals surface area contributed by atoms with E-state index >= 15 is 0 Å². The van der Waals surface area contributed by atoms with Gasteiger partial charge in [0.1, 0.15) is 0 Å². The van der Waals surface area contributed by atoms with Gasteiger partial charge in [0.25, 0.3) is 0 Å². The topological polar surface area (TPSA) is 78.4 Å². The molecule has 0 aromatic heterocycles. The van der Waals surface area contributed by atoms with Crippen LogP contribution in [-0.4, -0.2) is 29.7 Å². The quantitative estimate of drug-likeness (QED) is 0.621. The van der Waals surface area contributed by atoms with E-state index in [0.29, 0.717) is 18.5 Å². The third-order valence-corrected chi connectivity index (χ3v) is 3.49. The lowest BCUT2D eigenvalue weighted by atomic mass is 10.0. The highest BCUT2D eigenvalue weighted by atomic mass is 16.4. The third-order valence-electron chi connectivity index (χ3n) is 3.49. The van der Waals surface area contributed by atoms with Crippen LogP contribution in [0.25, 0.3) is 0 Å². The van der Waals surface area contributed by atoms with Crippen molar-refractivity contribution < 1.29 is 14.7 Å². The highest BCUT2D eigenvalue weighted by Crippen LogP contribution is 2.34. The second-order valence-electron chi connectivity index (χ2n) is 5.12. The summed E-state index contributed by atoms with van der Waals surface area (Å²) in [6, 6.07) is 0.159. The van der Waals surface area contributed by atoms with E-state index in [1.54, 1.807) is 0 Å². The molecule has 0 aromatic carbocycles. The zero-order valence-electron chi connectivity index (χ0n) is 11.2. The SMILES string of the molecule is CCCC1CC1NC(=O)NCC(CC)CC(=O)O. The van der Waals surface area contributed by atoms with Crippen LogP contribution >= 0.6 is 0 Å². The van der Waals surface area contributed by atoms with Gasteiger partial charge in [-0.25, -0.2) is 4.79 Å². The Morgan fingerprint density at radius 1 is 1.39 bits per heavy atom. The van der Waals surface area contributed by atoms with Crippen LogP contribution < -0.4 is 10.6 Å². The molecule has 1 saturated carbocycles. The number of aliphatic carboxylic acids is 1. The van der Waals surface area contributed by atoms with Crippen LogP contribution in [0.3, 0.4) is 0 Å². The van der Waals surface area contributed by atoms with Crippen molar-refractivity contribution in [3.63, 3.8) is 0 Å². The minimum Gasteiger partial charge on any atom is -0.481 e. The first-order valence-electron chi connectivity index (χ1n) is 6.82. The van der Waals surface area contributed by atoms with Crippen LogP contribution in [0.1, 0.15) is 46.0 Å². The Kier molecular flexibility index (Phi) is 5.95. The summed E-state index contributed by atoms with van der Waals surface area (Å²) in [5.74, 6) is -0.158. The molecule has 5 nitrogen and oxygen atoms in total. The van der Waals surface area contributed by atoms with Gasteiger partial charge in [0, 0.05) is 19.0 Å². The van der Waals surface area contributed by atoms with Crippen LogP contribution in [0.4, 0.5) is 4.79 Å². The second kappa shape index (κ2) is 7.24. The lowest BCUT2D eigenvalue weighted by Gasteiger charge is -2.14. The van der Waals surface area contributed by atoms with Crippen LogP contribution in [0.2, 0.25) is 0 Å². The van der Waals surface area contributed by atoms with E-state index in [0.717, 1.165) is 19.3 Å². The highest BCUT2D eigenvalue weighted by molar-refractivity contribution is 5.74. The summed E-state index contributed by atoms with van der Waals surface area (Å²) >= 11 is 0. The molecule has 0 radical (unpaired) electrons. The predicted octanol–water partition coefficient (Wildman–Crippen LogP) is 1.98. The van der Waals surface area contributed by atoms with Gasteiger partial charge < -0.3 is 15.7 Å². The first kappa shape index (κ1) is 14.8. The van der Waals surface area contributed by atoms with E-state index in [2.05, 4.69) is 17.6 Å². The Bertz CT molecular complexity index is 294. The maximum atomic E-state index is 11.6. The van der Waals surface area contributed by atoms with Crippen LogP contribution in [0.5, 0.6) is 0 Å². The Balaban J connectivity index is 2.14. The molecule has 3 unspecified atom stereocenters. The Morgan fingerprint density at radius 2 is 2.11 bits per heavy atom. The van der Waals surface area contributed by atoms with E-state index in [1.165, 1.54) is 6.42 Å². The Hall–Kier alpha value is -1.26. The molecule has 104 valence electrons. The van der Waals surface area contributed by atoms with Gasteiger partial charge in [0.2, 0.25) is 0 Å². The average molecular weight is 256 g/mol. The number of rotatable bonds is 8. The molecule has 0 aliphatic heterocycles. The largest absolute Gasteiger partial charge is 0.481 e. The molecule has 18 heavy (non-hydrogen) atoms. The van der Waals surface area contributed by atoms with Crippen molar-refractivity contribution in [1.29, 1.82) is 0 Å². The molecule has 3 N–H and O–H groups in total. The van der Waals surface area contributed by atoms with E-state index in [1.807, 2.05) is 6.92 Å². The standard InChI is InChI=1S/C13H24N2O3/c1-3-5-10-7-11(10)15-13(18)14-8-9(4-2)6-12(16)17/h9-11H,3-8H2,1-2H3,(H,16,17)(H2,14,15,18). The average Bonchev–Trinajstić information content (AvgIpc) is 3.02. The number of nitrogens with one attached hydrogen (secondary N) is 2. The summed E-state index contributed by atoms with van der Waals surface area (Å²) in [6.45, 7) is 4.51. The van der Waals surface area contributed by atoms with E-state index in [-0.39, 0.29) is 18.4 Å². The molecule has 5 heteroatoms. The minimum atomic E-state index is -0.811.